The zero-order valence-corrected chi connectivity index (χ0v) is 16.7. The maximum Gasteiger partial charge on any atom is 0.131 e. The zero-order chi connectivity index (χ0) is 19.3. The van der Waals surface area contributed by atoms with Gasteiger partial charge in [-0.1, -0.05) is 31.2 Å². The van der Waals surface area contributed by atoms with Crippen LogP contribution in [0.15, 0.2) is 36.4 Å². The highest BCUT2D eigenvalue weighted by molar-refractivity contribution is 5.93. The molecule has 4 nitrogen and oxygen atoms in total. The highest BCUT2D eigenvalue weighted by atomic mass is 16.5. The number of carbonyl (C=O) groups is 1. The minimum atomic E-state index is -0.247. The van der Waals surface area contributed by atoms with Crippen LogP contribution in [0.25, 0.3) is 11.1 Å². The van der Waals surface area contributed by atoms with Crippen LogP contribution in [0.4, 0.5) is 0 Å². The second-order valence-electron chi connectivity index (χ2n) is 7.65. The molecule has 4 rings (SSSR count). The van der Waals surface area contributed by atoms with E-state index in [-0.39, 0.29) is 5.92 Å². The van der Waals surface area contributed by atoms with Crippen LogP contribution in [-0.4, -0.2) is 44.0 Å². The van der Waals surface area contributed by atoms with Crippen molar-refractivity contribution in [1.29, 1.82) is 0 Å². The van der Waals surface area contributed by atoms with Crippen molar-refractivity contribution >= 4 is 6.29 Å². The van der Waals surface area contributed by atoms with E-state index in [1.54, 1.807) is 0 Å². The van der Waals surface area contributed by atoms with E-state index in [2.05, 4.69) is 11.8 Å². The van der Waals surface area contributed by atoms with Crippen LogP contribution in [0, 0.1) is 0 Å². The summed E-state index contributed by atoms with van der Waals surface area (Å²) in [6, 6.07) is 12.0. The third kappa shape index (κ3) is 3.66. The molecule has 1 aliphatic carbocycles. The van der Waals surface area contributed by atoms with E-state index in [1.807, 2.05) is 36.4 Å². The van der Waals surface area contributed by atoms with Crippen LogP contribution >= 0.6 is 0 Å². The number of carbonyl (C=O) groups excluding carboxylic acids is 1. The van der Waals surface area contributed by atoms with Crippen molar-refractivity contribution in [2.45, 2.75) is 38.5 Å². The van der Waals surface area contributed by atoms with Crippen molar-refractivity contribution in [1.82, 2.24) is 4.90 Å². The Balaban J connectivity index is 1.59. The molecule has 0 saturated carbocycles. The smallest absolute Gasteiger partial charge is 0.131 e. The molecule has 1 atom stereocenters. The predicted molar refractivity (Wildman–Crippen MR) is 111 cm³/mol. The highest BCUT2D eigenvalue weighted by Gasteiger charge is 2.33. The van der Waals surface area contributed by atoms with Gasteiger partial charge in [-0.15, -0.1) is 0 Å². The zero-order valence-electron chi connectivity index (χ0n) is 16.7. The fourth-order valence-electron chi connectivity index (χ4n) is 4.39. The molecular weight excluding hydrogens is 350 g/mol. The summed E-state index contributed by atoms with van der Waals surface area (Å²) in [4.78, 5) is 14.4. The summed E-state index contributed by atoms with van der Waals surface area (Å²) in [6.45, 7) is 6.97. The number of hydrogen-bond acceptors (Lipinski definition) is 4. The second kappa shape index (κ2) is 8.78. The van der Waals surface area contributed by atoms with Gasteiger partial charge in [-0.25, -0.2) is 0 Å². The SMILES string of the molecule is CCCOc1cccc2c1-c1c(OCCCN3CCCC3)cccc1C2C=O. The Bertz CT molecular complexity index is 827. The Labute approximate surface area is 167 Å². The Morgan fingerprint density at radius 1 is 0.964 bits per heavy atom. The number of nitrogens with zero attached hydrogens (tertiary/aromatic N) is 1. The van der Waals surface area contributed by atoms with E-state index in [0.29, 0.717) is 13.2 Å². The molecule has 0 amide bonds. The minimum absolute atomic E-state index is 0.247. The first-order valence-corrected chi connectivity index (χ1v) is 10.5. The van der Waals surface area contributed by atoms with Crippen molar-refractivity contribution in [2.75, 3.05) is 32.8 Å². The van der Waals surface area contributed by atoms with Gasteiger partial charge >= 0.3 is 0 Å². The van der Waals surface area contributed by atoms with Crippen molar-refractivity contribution < 1.29 is 14.3 Å². The molecule has 2 aromatic rings. The molecule has 0 N–H and O–H groups in total. The number of rotatable bonds is 9. The van der Waals surface area contributed by atoms with Gasteiger partial charge in [0.2, 0.25) is 0 Å². The van der Waals surface area contributed by atoms with E-state index < -0.39 is 0 Å². The van der Waals surface area contributed by atoms with E-state index in [9.17, 15) is 4.79 Å². The second-order valence-corrected chi connectivity index (χ2v) is 7.65. The molecule has 148 valence electrons. The molecule has 1 heterocycles. The van der Waals surface area contributed by atoms with E-state index in [4.69, 9.17) is 9.47 Å². The standard InChI is InChI=1S/C24H29NO3/c1-2-15-27-21-10-5-8-18-20(17-26)19-9-6-11-22(24(19)23(18)21)28-16-7-14-25-12-3-4-13-25/h5-6,8-11,17,20H,2-4,7,12-16H2,1H3. The molecule has 1 aliphatic heterocycles. The van der Waals surface area contributed by atoms with Crippen LogP contribution in [0.1, 0.15) is 49.7 Å². The number of ether oxygens (including phenoxy) is 2. The number of hydrogen-bond donors (Lipinski definition) is 0. The Hall–Kier alpha value is -2.33. The van der Waals surface area contributed by atoms with Gasteiger partial charge in [0.25, 0.3) is 0 Å². The quantitative estimate of drug-likeness (QED) is 0.469. The molecule has 1 unspecified atom stereocenters. The molecule has 28 heavy (non-hydrogen) atoms. The lowest BCUT2D eigenvalue weighted by Gasteiger charge is -2.17. The lowest BCUT2D eigenvalue weighted by Crippen LogP contribution is -2.21. The average molecular weight is 380 g/mol. The molecule has 2 aliphatic rings. The van der Waals surface area contributed by atoms with E-state index in [1.165, 1.54) is 25.9 Å². The molecular formula is C24H29NO3. The van der Waals surface area contributed by atoms with Gasteiger partial charge in [0, 0.05) is 17.7 Å². The van der Waals surface area contributed by atoms with Gasteiger partial charge < -0.3 is 19.2 Å². The Kier molecular flexibility index (Phi) is 5.96. The summed E-state index contributed by atoms with van der Waals surface area (Å²) < 4.78 is 12.2. The van der Waals surface area contributed by atoms with Crippen LogP contribution in [0.2, 0.25) is 0 Å². The summed E-state index contributed by atoms with van der Waals surface area (Å²) in [5.74, 6) is 1.46. The van der Waals surface area contributed by atoms with Gasteiger partial charge in [0.1, 0.15) is 17.8 Å². The normalized spacial score (nSPS) is 18.0. The lowest BCUT2D eigenvalue weighted by atomic mass is 9.99. The predicted octanol–water partition coefficient (Wildman–Crippen LogP) is 4.65. The minimum Gasteiger partial charge on any atom is -0.493 e. The molecule has 2 aromatic carbocycles. The van der Waals surface area contributed by atoms with Gasteiger partial charge in [-0.2, -0.15) is 0 Å². The lowest BCUT2D eigenvalue weighted by molar-refractivity contribution is -0.108. The third-order valence-electron chi connectivity index (χ3n) is 5.71. The van der Waals surface area contributed by atoms with Crippen molar-refractivity contribution in [3.63, 3.8) is 0 Å². The molecule has 4 heteroatoms. The van der Waals surface area contributed by atoms with Gasteiger partial charge in [-0.05, 0) is 62.0 Å². The summed E-state index contributed by atoms with van der Waals surface area (Å²) >= 11 is 0. The molecule has 1 fully saturated rings. The molecule has 0 bridgehead atoms. The van der Waals surface area contributed by atoms with Gasteiger partial charge in [-0.3, -0.25) is 0 Å². The first-order chi connectivity index (χ1) is 13.8. The number of benzene rings is 2. The molecule has 0 spiro atoms. The average Bonchev–Trinajstić information content (AvgIpc) is 3.35. The summed E-state index contributed by atoms with van der Waals surface area (Å²) in [7, 11) is 0. The molecule has 0 radical (unpaired) electrons. The van der Waals surface area contributed by atoms with Crippen molar-refractivity contribution in [3.8, 4) is 22.6 Å². The molecule has 1 saturated heterocycles. The van der Waals surface area contributed by atoms with Crippen molar-refractivity contribution in [3.05, 3.63) is 47.5 Å². The van der Waals surface area contributed by atoms with Gasteiger partial charge in [0.05, 0.1) is 19.1 Å². The number of fused-ring (bicyclic) bond motifs is 3. The maximum absolute atomic E-state index is 11.9. The number of aldehydes is 1. The summed E-state index contributed by atoms with van der Waals surface area (Å²) in [5, 5.41) is 0. The van der Waals surface area contributed by atoms with Gasteiger partial charge in [0.15, 0.2) is 0 Å². The summed E-state index contributed by atoms with van der Waals surface area (Å²) in [6.07, 6.45) is 5.63. The fourth-order valence-corrected chi connectivity index (χ4v) is 4.39. The van der Waals surface area contributed by atoms with E-state index >= 15 is 0 Å². The number of likely N-dealkylation sites (tertiary alicyclic amines) is 1. The Morgan fingerprint density at radius 2 is 1.57 bits per heavy atom. The first-order valence-electron chi connectivity index (χ1n) is 10.5. The van der Waals surface area contributed by atoms with Crippen LogP contribution in [-0.2, 0) is 4.79 Å². The first kappa shape index (κ1) is 19.0. The maximum atomic E-state index is 11.9. The van der Waals surface area contributed by atoms with Crippen LogP contribution in [0.5, 0.6) is 11.5 Å². The Morgan fingerprint density at radius 3 is 2.14 bits per heavy atom. The van der Waals surface area contributed by atoms with Crippen molar-refractivity contribution in [2.24, 2.45) is 0 Å². The highest BCUT2D eigenvalue weighted by Crippen LogP contribution is 2.52. The van der Waals surface area contributed by atoms with Crippen LogP contribution in [0.3, 0.4) is 0 Å². The topological polar surface area (TPSA) is 38.8 Å². The third-order valence-corrected chi connectivity index (χ3v) is 5.71. The monoisotopic (exact) mass is 379 g/mol. The molecule has 0 aromatic heterocycles. The van der Waals surface area contributed by atoms with E-state index in [0.717, 1.165) is 59.4 Å². The fraction of sp³-hybridized carbons (Fsp3) is 0.458. The van der Waals surface area contributed by atoms with Crippen LogP contribution < -0.4 is 9.47 Å². The largest absolute Gasteiger partial charge is 0.493 e. The summed E-state index contributed by atoms with van der Waals surface area (Å²) in [5.41, 5.74) is 4.10.